The Bertz CT molecular complexity index is 1490. The summed E-state index contributed by atoms with van der Waals surface area (Å²) in [6.45, 7) is 1.96. The van der Waals surface area contributed by atoms with Crippen LogP contribution in [-0.4, -0.2) is 26.8 Å². The smallest absolute Gasteiger partial charge is 0.261 e. The number of carbonyl (C=O) groups is 1. The maximum atomic E-state index is 13.3. The summed E-state index contributed by atoms with van der Waals surface area (Å²) in [6, 6.07) is 24.7. The van der Waals surface area contributed by atoms with Crippen molar-refractivity contribution in [2.45, 2.75) is 6.92 Å². The van der Waals surface area contributed by atoms with E-state index in [1.807, 2.05) is 85.8 Å². The number of aryl methyl sites for hydroxylation is 1. The summed E-state index contributed by atoms with van der Waals surface area (Å²) in [7, 11) is 0. The van der Waals surface area contributed by atoms with E-state index in [4.69, 9.17) is 15.7 Å². The number of fused-ring (bicyclic) bond motifs is 2. The lowest BCUT2D eigenvalue weighted by molar-refractivity contribution is 0.102. The number of nitrogens with two attached hydrogens (primary N) is 1. The molecule has 5 rings (SSSR count). The van der Waals surface area contributed by atoms with E-state index in [0.717, 1.165) is 11.1 Å². The SMILES string of the molecule is Cc1cccc(NC(=O)c2c(N)n(N=Cc3ccccc3)c3nc4ccccc4nc23)c1. The molecule has 2 heterocycles. The minimum Gasteiger partial charge on any atom is -0.383 e. The van der Waals surface area contributed by atoms with Gasteiger partial charge < -0.3 is 11.1 Å². The van der Waals surface area contributed by atoms with Gasteiger partial charge in [-0.05, 0) is 42.3 Å². The molecule has 2 aromatic heterocycles. The highest BCUT2D eigenvalue weighted by atomic mass is 16.1. The monoisotopic (exact) mass is 420 g/mol. The van der Waals surface area contributed by atoms with E-state index in [1.54, 1.807) is 6.21 Å². The number of rotatable bonds is 4. The lowest BCUT2D eigenvalue weighted by Gasteiger charge is -2.06. The first kappa shape index (κ1) is 19.4. The highest BCUT2D eigenvalue weighted by molar-refractivity contribution is 6.16. The number of amides is 1. The fourth-order valence-corrected chi connectivity index (χ4v) is 3.57. The number of benzene rings is 3. The van der Waals surface area contributed by atoms with Crippen LogP contribution in [0.4, 0.5) is 11.5 Å². The second-order valence-corrected chi connectivity index (χ2v) is 7.44. The zero-order chi connectivity index (χ0) is 22.1. The topological polar surface area (TPSA) is 98.2 Å². The van der Waals surface area contributed by atoms with Crippen LogP contribution in [0, 0.1) is 6.92 Å². The maximum Gasteiger partial charge on any atom is 0.261 e. The first-order chi connectivity index (χ1) is 15.6. The molecule has 3 N–H and O–H groups in total. The largest absolute Gasteiger partial charge is 0.383 e. The summed E-state index contributed by atoms with van der Waals surface area (Å²) >= 11 is 0. The van der Waals surface area contributed by atoms with Crippen LogP contribution in [0.2, 0.25) is 0 Å². The van der Waals surface area contributed by atoms with Gasteiger partial charge in [0.05, 0.1) is 17.2 Å². The maximum absolute atomic E-state index is 13.3. The lowest BCUT2D eigenvalue weighted by Crippen LogP contribution is -2.14. The van der Waals surface area contributed by atoms with E-state index in [1.165, 1.54) is 4.68 Å². The van der Waals surface area contributed by atoms with Crippen LogP contribution < -0.4 is 11.1 Å². The van der Waals surface area contributed by atoms with Crippen molar-refractivity contribution in [2.24, 2.45) is 5.10 Å². The summed E-state index contributed by atoms with van der Waals surface area (Å²) < 4.78 is 1.47. The lowest BCUT2D eigenvalue weighted by atomic mass is 10.2. The molecule has 0 saturated heterocycles. The highest BCUT2D eigenvalue weighted by Crippen LogP contribution is 2.28. The Labute approximate surface area is 184 Å². The third-order valence-electron chi connectivity index (χ3n) is 5.10. The predicted molar refractivity (Wildman–Crippen MR) is 128 cm³/mol. The number of aromatic nitrogens is 3. The molecule has 0 radical (unpaired) electrons. The third-order valence-corrected chi connectivity index (χ3v) is 5.10. The normalized spacial score (nSPS) is 11.4. The molecular formula is C25H20N6O. The van der Waals surface area contributed by atoms with Crippen molar-refractivity contribution in [3.8, 4) is 0 Å². The quantitative estimate of drug-likeness (QED) is 0.415. The van der Waals surface area contributed by atoms with Crippen LogP contribution in [0.15, 0.2) is 84.0 Å². The van der Waals surface area contributed by atoms with Gasteiger partial charge in [0.1, 0.15) is 16.9 Å². The van der Waals surface area contributed by atoms with E-state index in [2.05, 4.69) is 10.4 Å². The van der Waals surface area contributed by atoms with Gasteiger partial charge in [-0.25, -0.2) is 9.97 Å². The van der Waals surface area contributed by atoms with E-state index in [0.29, 0.717) is 27.9 Å². The summed E-state index contributed by atoms with van der Waals surface area (Å²) in [4.78, 5) is 22.7. The number of hydrogen-bond donors (Lipinski definition) is 2. The van der Waals surface area contributed by atoms with Crippen molar-refractivity contribution in [1.29, 1.82) is 0 Å². The molecule has 1 amide bonds. The van der Waals surface area contributed by atoms with Crippen LogP contribution in [-0.2, 0) is 0 Å². The van der Waals surface area contributed by atoms with Crippen LogP contribution in [0.5, 0.6) is 0 Å². The summed E-state index contributed by atoms with van der Waals surface area (Å²) in [6.07, 6.45) is 1.68. The molecule has 0 saturated carbocycles. The minimum atomic E-state index is -0.364. The van der Waals surface area contributed by atoms with Crippen LogP contribution >= 0.6 is 0 Å². The van der Waals surface area contributed by atoms with E-state index in [-0.39, 0.29) is 17.3 Å². The number of nitrogen functional groups attached to an aromatic ring is 1. The molecule has 7 heteroatoms. The fourth-order valence-electron chi connectivity index (χ4n) is 3.57. The number of para-hydroxylation sites is 2. The summed E-state index contributed by atoms with van der Waals surface area (Å²) in [5.74, 6) is -0.191. The van der Waals surface area contributed by atoms with Gasteiger partial charge in [-0.3, -0.25) is 4.79 Å². The van der Waals surface area contributed by atoms with Crippen molar-refractivity contribution >= 4 is 45.8 Å². The number of anilines is 2. The molecule has 0 spiro atoms. The molecule has 5 aromatic rings. The molecule has 0 aliphatic rings. The Balaban J connectivity index is 1.67. The molecule has 0 aliphatic heterocycles. The molecule has 32 heavy (non-hydrogen) atoms. The number of carbonyl (C=O) groups excluding carboxylic acids is 1. The molecule has 0 fully saturated rings. The predicted octanol–water partition coefficient (Wildman–Crippen LogP) is 4.61. The van der Waals surface area contributed by atoms with Gasteiger partial charge in [0.15, 0.2) is 5.65 Å². The second-order valence-electron chi connectivity index (χ2n) is 7.44. The average molecular weight is 420 g/mol. The molecule has 3 aromatic carbocycles. The zero-order valence-corrected chi connectivity index (χ0v) is 17.4. The number of nitrogens with zero attached hydrogens (tertiary/aromatic N) is 4. The Kier molecular flexibility index (Phi) is 4.84. The molecule has 0 aliphatic carbocycles. The van der Waals surface area contributed by atoms with Crippen molar-refractivity contribution in [1.82, 2.24) is 14.6 Å². The van der Waals surface area contributed by atoms with Crippen molar-refractivity contribution in [3.63, 3.8) is 0 Å². The van der Waals surface area contributed by atoms with Crippen LogP contribution in [0.25, 0.3) is 22.2 Å². The molecule has 156 valence electrons. The summed E-state index contributed by atoms with van der Waals surface area (Å²) in [5.41, 5.74) is 11.5. The summed E-state index contributed by atoms with van der Waals surface area (Å²) in [5, 5.41) is 7.43. The van der Waals surface area contributed by atoms with Gasteiger partial charge in [0, 0.05) is 5.69 Å². The fraction of sp³-hybridized carbons (Fsp3) is 0.0400. The first-order valence-corrected chi connectivity index (χ1v) is 10.1. The molecule has 7 nitrogen and oxygen atoms in total. The first-order valence-electron chi connectivity index (χ1n) is 10.1. The van der Waals surface area contributed by atoms with E-state index < -0.39 is 0 Å². The molecule has 0 bridgehead atoms. The van der Waals surface area contributed by atoms with Gasteiger partial charge in [-0.1, -0.05) is 54.6 Å². The minimum absolute atomic E-state index is 0.174. The van der Waals surface area contributed by atoms with Gasteiger partial charge in [-0.15, -0.1) is 0 Å². The Morgan fingerprint density at radius 1 is 0.969 bits per heavy atom. The Hall–Kier alpha value is -4.52. The van der Waals surface area contributed by atoms with Gasteiger partial charge in [0.25, 0.3) is 5.91 Å². The van der Waals surface area contributed by atoms with E-state index in [9.17, 15) is 4.79 Å². The molecule has 0 atom stereocenters. The molecule has 0 unspecified atom stereocenters. The number of hydrogen-bond acceptors (Lipinski definition) is 5. The van der Waals surface area contributed by atoms with Crippen LogP contribution in [0.3, 0.4) is 0 Å². The van der Waals surface area contributed by atoms with Gasteiger partial charge >= 0.3 is 0 Å². The van der Waals surface area contributed by atoms with Crippen molar-refractivity contribution in [2.75, 3.05) is 11.1 Å². The highest BCUT2D eigenvalue weighted by Gasteiger charge is 2.24. The second kappa shape index (κ2) is 7.96. The third kappa shape index (κ3) is 3.56. The molecular weight excluding hydrogens is 400 g/mol. The van der Waals surface area contributed by atoms with Crippen LogP contribution in [0.1, 0.15) is 21.5 Å². The van der Waals surface area contributed by atoms with Gasteiger partial charge in [-0.2, -0.15) is 9.78 Å². The van der Waals surface area contributed by atoms with Crippen molar-refractivity contribution < 1.29 is 4.79 Å². The Morgan fingerprint density at radius 2 is 1.69 bits per heavy atom. The Morgan fingerprint density at radius 3 is 2.44 bits per heavy atom. The van der Waals surface area contributed by atoms with Crippen molar-refractivity contribution in [3.05, 3.63) is 95.6 Å². The van der Waals surface area contributed by atoms with Gasteiger partial charge in [0.2, 0.25) is 0 Å². The van der Waals surface area contributed by atoms with E-state index >= 15 is 0 Å². The number of nitrogens with one attached hydrogen (secondary N) is 1. The standard InChI is InChI=1S/C25H20N6O/c1-16-8-7-11-18(14-16)28-25(32)21-22-24(30-20-13-6-5-12-19(20)29-22)31(23(21)26)27-15-17-9-3-2-4-10-17/h2-15H,26H2,1H3,(H,28,32). The zero-order valence-electron chi connectivity index (χ0n) is 17.4. The average Bonchev–Trinajstić information content (AvgIpc) is 3.07.